The molecular weight excluding hydrogens is 333 g/mol. The van der Waals surface area contributed by atoms with Crippen LogP contribution in [-0.4, -0.2) is 45.0 Å². The smallest absolute Gasteiger partial charge is 0.238 e. The van der Waals surface area contributed by atoms with Crippen molar-refractivity contribution in [2.45, 2.75) is 18.9 Å². The van der Waals surface area contributed by atoms with Crippen molar-refractivity contribution in [3.63, 3.8) is 0 Å². The van der Waals surface area contributed by atoms with Crippen LogP contribution in [0.15, 0.2) is 48.9 Å². The first-order valence-corrected chi connectivity index (χ1v) is 8.74. The Morgan fingerprint density at radius 3 is 2.69 bits per heavy atom. The highest BCUT2D eigenvalue weighted by molar-refractivity contribution is 5.92. The molecule has 1 aliphatic rings. The molecule has 26 heavy (non-hydrogen) atoms. The Labute approximate surface area is 150 Å². The first kappa shape index (κ1) is 16.7. The maximum atomic E-state index is 12.9. The topological polar surface area (TPSA) is 63.1 Å². The number of nitrogens with zero attached hydrogens (tertiary/aromatic N) is 4. The normalized spacial score (nSPS) is 16.0. The number of benzene rings is 1. The molecule has 0 aliphatic carbocycles. The van der Waals surface area contributed by atoms with E-state index in [1.807, 2.05) is 18.5 Å². The molecule has 1 saturated heterocycles. The van der Waals surface area contributed by atoms with E-state index in [1.54, 1.807) is 18.3 Å². The van der Waals surface area contributed by atoms with E-state index in [1.165, 1.54) is 12.1 Å². The number of hydrogen-bond donors (Lipinski definition) is 1. The van der Waals surface area contributed by atoms with Gasteiger partial charge in [-0.2, -0.15) is 0 Å². The van der Waals surface area contributed by atoms with Crippen LogP contribution in [0.5, 0.6) is 0 Å². The lowest BCUT2D eigenvalue weighted by Gasteiger charge is -2.32. The number of rotatable bonds is 4. The second kappa shape index (κ2) is 7.21. The van der Waals surface area contributed by atoms with E-state index in [-0.39, 0.29) is 11.7 Å². The highest BCUT2D eigenvalue weighted by atomic mass is 19.1. The SMILES string of the molecule is O=C(CN1CCC(n2cnc3cccnc32)CC1)Nc1ccc(F)cc1. The van der Waals surface area contributed by atoms with Crippen molar-refractivity contribution in [1.29, 1.82) is 0 Å². The predicted molar refractivity (Wildman–Crippen MR) is 97.3 cm³/mol. The Bertz CT molecular complexity index is 900. The van der Waals surface area contributed by atoms with E-state index in [0.717, 1.165) is 37.1 Å². The number of likely N-dealkylation sites (tertiary alicyclic amines) is 1. The zero-order valence-electron chi connectivity index (χ0n) is 14.3. The third-order valence-electron chi connectivity index (χ3n) is 4.78. The number of nitrogens with one attached hydrogen (secondary N) is 1. The second-order valence-electron chi connectivity index (χ2n) is 6.56. The van der Waals surface area contributed by atoms with Crippen molar-refractivity contribution in [1.82, 2.24) is 19.4 Å². The second-order valence-corrected chi connectivity index (χ2v) is 6.56. The molecule has 2 aromatic heterocycles. The molecule has 0 bridgehead atoms. The Kier molecular flexibility index (Phi) is 4.62. The van der Waals surface area contributed by atoms with Crippen LogP contribution in [0.4, 0.5) is 10.1 Å². The lowest BCUT2D eigenvalue weighted by atomic mass is 10.0. The van der Waals surface area contributed by atoms with Crippen molar-refractivity contribution in [3.05, 3.63) is 54.7 Å². The van der Waals surface area contributed by atoms with Gasteiger partial charge < -0.3 is 9.88 Å². The number of halogens is 1. The zero-order valence-corrected chi connectivity index (χ0v) is 14.3. The number of amides is 1. The van der Waals surface area contributed by atoms with Gasteiger partial charge in [-0.25, -0.2) is 14.4 Å². The van der Waals surface area contributed by atoms with Crippen LogP contribution in [0, 0.1) is 5.82 Å². The third kappa shape index (κ3) is 3.57. The van der Waals surface area contributed by atoms with E-state index in [0.29, 0.717) is 18.3 Å². The summed E-state index contributed by atoms with van der Waals surface area (Å²) < 4.78 is 15.1. The van der Waals surface area contributed by atoms with Gasteiger partial charge in [0.05, 0.1) is 12.9 Å². The summed E-state index contributed by atoms with van der Waals surface area (Å²) in [6, 6.07) is 10.0. The van der Waals surface area contributed by atoms with E-state index in [9.17, 15) is 9.18 Å². The largest absolute Gasteiger partial charge is 0.325 e. The number of carbonyl (C=O) groups excluding carboxylic acids is 1. The molecule has 7 heteroatoms. The first-order chi connectivity index (χ1) is 12.7. The van der Waals surface area contributed by atoms with Gasteiger partial charge in [-0.1, -0.05) is 0 Å². The highest BCUT2D eigenvalue weighted by Crippen LogP contribution is 2.25. The summed E-state index contributed by atoms with van der Waals surface area (Å²) in [6.45, 7) is 2.02. The quantitative estimate of drug-likeness (QED) is 0.783. The molecule has 6 nitrogen and oxygen atoms in total. The molecule has 0 unspecified atom stereocenters. The number of imidazole rings is 1. The predicted octanol–water partition coefficient (Wildman–Crippen LogP) is 2.85. The van der Waals surface area contributed by atoms with Gasteiger partial charge in [0.2, 0.25) is 5.91 Å². The average Bonchev–Trinajstić information content (AvgIpc) is 3.08. The van der Waals surface area contributed by atoms with Gasteiger partial charge in [0, 0.05) is 31.0 Å². The van der Waals surface area contributed by atoms with Crippen LogP contribution in [0.1, 0.15) is 18.9 Å². The molecule has 4 rings (SSSR count). The van der Waals surface area contributed by atoms with Crippen LogP contribution in [0.25, 0.3) is 11.2 Å². The number of hydrogen-bond acceptors (Lipinski definition) is 4. The lowest BCUT2D eigenvalue weighted by molar-refractivity contribution is -0.117. The molecule has 0 saturated carbocycles. The molecule has 1 N–H and O–H groups in total. The summed E-state index contributed by atoms with van der Waals surface area (Å²) in [5.41, 5.74) is 2.44. The number of piperidine rings is 1. The van der Waals surface area contributed by atoms with Gasteiger partial charge in [0.25, 0.3) is 0 Å². The molecule has 134 valence electrons. The number of anilines is 1. The Morgan fingerprint density at radius 1 is 1.15 bits per heavy atom. The summed E-state index contributed by atoms with van der Waals surface area (Å²) in [6.07, 6.45) is 5.55. The minimum absolute atomic E-state index is 0.0789. The molecule has 0 spiro atoms. The third-order valence-corrected chi connectivity index (χ3v) is 4.78. The Balaban J connectivity index is 1.32. The fraction of sp³-hybridized carbons (Fsp3) is 0.316. The van der Waals surface area contributed by atoms with E-state index >= 15 is 0 Å². The summed E-state index contributed by atoms with van der Waals surface area (Å²) in [5, 5.41) is 2.81. The summed E-state index contributed by atoms with van der Waals surface area (Å²) >= 11 is 0. The zero-order chi connectivity index (χ0) is 17.9. The molecule has 1 aliphatic heterocycles. The highest BCUT2D eigenvalue weighted by Gasteiger charge is 2.23. The van der Waals surface area contributed by atoms with Crippen LogP contribution in [0.3, 0.4) is 0 Å². The van der Waals surface area contributed by atoms with Crippen LogP contribution in [-0.2, 0) is 4.79 Å². The maximum absolute atomic E-state index is 12.9. The van der Waals surface area contributed by atoms with Crippen LogP contribution >= 0.6 is 0 Å². The van der Waals surface area contributed by atoms with E-state index in [4.69, 9.17) is 0 Å². The number of aromatic nitrogens is 3. The number of fused-ring (bicyclic) bond motifs is 1. The van der Waals surface area contributed by atoms with Gasteiger partial charge in [-0.3, -0.25) is 9.69 Å². The fourth-order valence-corrected chi connectivity index (χ4v) is 3.43. The van der Waals surface area contributed by atoms with Gasteiger partial charge in [-0.05, 0) is 49.2 Å². The number of pyridine rings is 1. The van der Waals surface area contributed by atoms with Gasteiger partial charge in [0.1, 0.15) is 11.3 Å². The monoisotopic (exact) mass is 353 g/mol. The minimum atomic E-state index is -0.313. The van der Waals surface area contributed by atoms with Gasteiger partial charge >= 0.3 is 0 Å². The molecular formula is C19H20FN5O. The lowest BCUT2D eigenvalue weighted by Crippen LogP contribution is -2.39. The minimum Gasteiger partial charge on any atom is -0.325 e. The van der Waals surface area contributed by atoms with Crippen molar-refractivity contribution in [2.75, 3.05) is 25.0 Å². The molecule has 0 radical (unpaired) electrons. The molecule has 1 aromatic carbocycles. The van der Waals surface area contributed by atoms with Crippen molar-refractivity contribution in [3.8, 4) is 0 Å². The van der Waals surface area contributed by atoms with Crippen LogP contribution in [0.2, 0.25) is 0 Å². The Hall–Kier alpha value is -2.80. The molecule has 1 fully saturated rings. The molecule has 3 heterocycles. The van der Waals surface area contributed by atoms with Crippen molar-refractivity contribution in [2.24, 2.45) is 0 Å². The standard InChI is InChI=1S/C19H20FN5O/c20-14-3-5-15(6-4-14)23-18(26)12-24-10-7-16(8-11-24)25-13-22-17-2-1-9-21-19(17)25/h1-6,9,13,16H,7-8,10-12H2,(H,23,26). The van der Waals surface area contributed by atoms with Crippen molar-refractivity contribution < 1.29 is 9.18 Å². The van der Waals surface area contributed by atoms with Crippen molar-refractivity contribution >= 4 is 22.8 Å². The van der Waals surface area contributed by atoms with Gasteiger partial charge in [0.15, 0.2) is 5.65 Å². The summed E-state index contributed by atoms with van der Waals surface area (Å²) in [5.74, 6) is -0.392. The molecule has 3 aromatic rings. The fourth-order valence-electron chi connectivity index (χ4n) is 3.43. The maximum Gasteiger partial charge on any atom is 0.238 e. The van der Waals surface area contributed by atoms with Crippen LogP contribution < -0.4 is 5.32 Å². The van der Waals surface area contributed by atoms with E-state index in [2.05, 4.69) is 24.8 Å². The van der Waals surface area contributed by atoms with E-state index < -0.39 is 0 Å². The molecule has 1 amide bonds. The average molecular weight is 353 g/mol. The Morgan fingerprint density at radius 2 is 1.92 bits per heavy atom. The molecule has 0 atom stereocenters. The first-order valence-electron chi connectivity index (χ1n) is 8.74. The summed E-state index contributed by atoms with van der Waals surface area (Å²) in [7, 11) is 0. The summed E-state index contributed by atoms with van der Waals surface area (Å²) in [4.78, 5) is 23.2. The number of carbonyl (C=O) groups is 1. The van der Waals surface area contributed by atoms with Gasteiger partial charge in [-0.15, -0.1) is 0 Å².